The summed E-state index contributed by atoms with van der Waals surface area (Å²) >= 11 is 0. The van der Waals surface area contributed by atoms with Crippen molar-refractivity contribution in [3.63, 3.8) is 0 Å². The number of aryl methyl sites for hydroxylation is 3. The van der Waals surface area contributed by atoms with Crippen LogP contribution in [0, 0.1) is 0 Å². The smallest absolute Gasteiger partial charge is 0.250 e. The zero-order valence-corrected chi connectivity index (χ0v) is 19.5. The van der Waals surface area contributed by atoms with Gasteiger partial charge >= 0.3 is 0 Å². The lowest BCUT2D eigenvalue weighted by Crippen LogP contribution is -2.25. The molecule has 1 aliphatic rings. The third kappa shape index (κ3) is 7.15. The second-order valence-electron chi connectivity index (χ2n) is 8.87. The monoisotopic (exact) mass is 445 g/mol. The molecule has 4 heteroatoms. The average Bonchev–Trinajstić information content (AvgIpc) is 2.84. The molecule has 0 saturated carbocycles. The first-order valence-electron chi connectivity index (χ1n) is 12.3. The van der Waals surface area contributed by atoms with Gasteiger partial charge in [-0.1, -0.05) is 54.6 Å². The van der Waals surface area contributed by atoms with Gasteiger partial charge in [-0.15, -0.1) is 0 Å². The number of fused-ring (bicyclic) bond motifs is 3. The van der Waals surface area contributed by atoms with Crippen LogP contribution < -0.4 is 5.56 Å². The van der Waals surface area contributed by atoms with E-state index in [-0.39, 0.29) is 5.56 Å². The summed E-state index contributed by atoms with van der Waals surface area (Å²) < 4.78 is 13.9. The van der Waals surface area contributed by atoms with Crippen LogP contribution >= 0.6 is 0 Å². The van der Waals surface area contributed by atoms with Crippen LogP contribution in [0.2, 0.25) is 0 Å². The molecule has 2 bridgehead atoms. The number of hydrogen-bond donors (Lipinski definition) is 0. The predicted octanol–water partition coefficient (Wildman–Crippen LogP) is 5.48. The summed E-state index contributed by atoms with van der Waals surface area (Å²) in [6.45, 7) is 3.43. The van der Waals surface area contributed by atoms with Gasteiger partial charge in [0.25, 0.3) is 5.56 Å². The Balaban J connectivity index is 1.45. The predicted molar refractivity (Wildman–Crippen MR) is 132 cm³/mol. The molecular formula is C29H35NO3. The number of rotatable bonds is 3. The highest BCUT2D eigenvalue weighted by Gasteiger charge is 2.09. The lowest BCUT2D eigenvalue weighted by Gasteiger charge is -2.15. The quantitative estimate of drug-likeness (QED) is 0.536. The molecule has 0 saturated heterocycles. The summed E-state index contributed by atoms with van der Waals surface area (Å²) in [7, 11) is 0. The van der Waals surface area contributed by atoms with Gasteiger partial charge in [0.05, 0.1) is 13.2 Å². The van der Waals surface area contributed by atoms with Gasteiger partial charge in [-0.3, -0.25) is 4.79 Å². The van der Waals surface area contributed by atoms with Crippen LogP contribution in [0.4, 0.5) is 0 Å². The van der Waals surface area contributed by atoms with Crippen molar-refractivity contribution in [1.82, 2.24) is 4.57 Å². The lowest BCUT2D eigenvalue weighted by molar-refractivity contribution is 0.104. The van der Waals surface area contributed by atoms with Crippen molar-refractivity contribution in [2.75, 3.05) is 13.2 Å². The van der Waals surface area contributed by atoms with E-state index in [1.165, 1.54) is 16.7 Å². The maximum atomic E-state index is 13.0. The first-order valence-corrected chi connectivity index (χ1v) is 12.3. The van der Waals surface area contributed by atoms with Gasteiger partial charge in [0.1, 0.15) is 0 Å². The molecule has 0 unspecified atom stereocenters. The number of aromatic nitrogens is 1. The lowest BCUT2D eigenvalue weighted by atomic mass is 10.1. The molecule has 33 heavy (non-hydrogen) atoms. The highest BCUT2D eigenvalue weighted by atomic mass is 16.5. The molecule has 1 aliphatic heterocycles. The zero-order chi connectivity index (χ0) is 22.7. The molecule has 1 aromatic heterocycles. The standard InChI is InChI=1S/C29H35NO3/c31-29-21-25-12-6-8-18-32-22-26-13-4-5-14-27(26)23-33-19-9-7-15-28(20-25)30(29)17-16-24-10-2-1-3-11-24/h1-5,10-11,13-14,20-21H,6-9,12,15-19,22-23H2. The molecule has 174 valence electrons. The Labute approximate surface area is 197 Å². The highest BCUT2D eigenvalue weighted by Crippen LogP contribution is 2.15. The zero-order valence-electron chi connectivity index (χ0n) is 19.5. The highest BCUT2D eigenvalue weighted by molar-refractivity contribution is 5.26. The van der Waals surface area contributed by atoms with Crippen LogP contribution in [0.3, 0.4) is 0 Å². The molecule has 0 radical (unpaired) electrons. The van der Waals surface area contributed by atoms with E-state index in [1.54, 1.807) is 0 Å². The molecule has 0 aliphatic carbocycles. The Morgan fingerprint density at radius 3 is 2.06 bits per heavy atom. The van der Waals surface area contributed by atoms with Crippen LogP contribution in [-0.4, -0.2) is 17.8 Å². The Morgan fingerprint density at radius 2 is 1.36 bits per heavy atom. The maximum absolute atomic E-state index is 13.0. The summed E-state index contributed by atoms with van der Waals surface area (Å²) in [5.74, 6) is 0. The summed E-state index contributed by atoms with van der Waals surface area (Å²) in [5, 5.41) is 0. The molecule has 3 aromatic rings. The first kappa shape index (κ1) is 23.5. The van der Waals surface area contributed by atoms with E-state index in [1.807, 2.05) is 16.7 Å². The van der Waals surface area contributed by atoms with Crippen LogP contribution in [0.25, 0.3) is 0 Å². The molecule has 2 heterocycles. The third-order valence-corrected chi connectivity index (χ3v) is 6.35. The van der Waals surface area contributed by atoms with Gasteiger partial charge in [-0.05, 0) is 73.3 Å². The van der Waals surface area contributed by atoms with E-state index in [4.69, 9.17) is 9.47 Å². The van der Waals surface area contributed by atoms with Gasteiger partial charge in [0.15, 0.2) is 0 Å². The Kier molecular flexibility index (Phi) is 8.91. The van der Waals surface area contributed by atoms with E-state index in [9.17, 15) is 4.79 Å². The van der Waals surface area contributed by atoms with Crippen molar-refractivity contribution < 1.29 is 9.47 Å². The molecule has 0 fully saturated rings. The number of pyridine rings is 1. The van der Waals surface area contributed by atoms with Crippen molar-refractivity contribution in [3.05, 3.63) is 105 Å². The first-order chi connectivity index (χ1) is 16.3. The van der Waals surface area contributed by atoms with Gasteiger partial charge in [-0.25, -0.2) is 0 Å². The van der Waals surface area contributed by atoms with Crippen LogP contribution in [0.1, 0.15) is 53.6 Å². The third-order valence-electron chi connectivity index (χ3n) is 6.35. The maximum Gasteiger partial charge on any atom is 0.250 e. The molecule has 4 rings (SSSR count). The van der Waals surface area contributed by atoms with Gasteiger partial charge in [0.2, 0.25) is 0 Å². The summed E-state index contributed by atoms with van der Waals surface area (Å²) in [6, 6.07) is 22.9. The molecular weight excluding hydrogens is 410 g/mol. The van der Waals surface area contributed by atoms with Crippen LogP contribution in [0.15, 0.2) is 71.5 Å². The summed E-state index contributed by atoms with van der Waals surface area (Å²) in [4.78, 5) is 13.0. The Hall–Kier alpha value is -2.69. The SMILES string of the molecule is O=c1cc2cc(n1CCc1ccccc1)CCCCOCc1ccccc1COCCCC2. The molecule has 0 N–H and O–H groups in total. The summed E-state index contributed by atoms with van der Waals surface area (Å²) in [5.41, 5.74) is 6.11. The number of nitrogens with zero attached hydrogens (tertiary/aromatic N) is 1. The Morgan fingerprint density at radius 1 is 0.727 bits per heavy atom. The second-order valence-corrected chi connectivity index (χ2v) is 8.87. The van der Waals surface area contributed by atoms with Crippen molar-refractivity contribution in [1.29, 1.82) is 0 Å². The fourth-order valence-electron chi connectivity index (χ4n) is 4.45. The van der Waals surface area contributed by atoms with Crippen molar-refractivity contribution >= 4 is 0 Å². The molecule has 0 atom stereocenters. The number of benzene rings is 2. The van der Waals surface area contributed by atoms with Gasteiger partial charge < -0.3 is 14.0 Å². The average molecular weight is 446 g/mol. The fraction of sp³-hybridized carbons (Fsp3) is 0.414. The minimum atomic E-state index is 0.124. The minimum Gasteiger partial charge on any atom is -0.377 e. The molecule has 0 spiro atoms. The summed E-state index contributed by atoms with van der Waals surface area (Å²) in [6.07, 6.45) is 6.70. The van der Waals surface area contributed by atoms with E-state index < -0.39 is 0 Å². The van der Waals surface area contributed by atoms with E-state index >= 15 is 0 Å². The van der Waals surface area contributed by atoms with Gasteiger partial charge in [0, 0.05) is 31.5 Å². The van der Waals surface area contributed by atoms with Crippen molar-refractivity contribution in [3.8, 4) is 0 Å². The topological polar surface area (TPSA) is 40.5 Å². The fourth-order valence-corrected chi connectivity index (χ4v) is 4.45. The largest absolute Gasteiger partial charge is 0.377 e. The number of hydrogen-bond acceptors (Lipinski definition) is 3. The molecule has 2 aromatic carbocycles. The van der Waals surface area contributed by atoms with Crippen LogP contribution in [0.5, 0.6) is 0 Å². The Bertz CT molecular complexity index is 1060. The van der Waals surface area contributed by atoms with Crippen LogP contribution in [-0.2, 0) is 48.5 Å². The second kappa shape index (κ2) is 12.5. The number of ether oxygens (including phenoxy) is 2. The minimum absolute atomic E-state index is 0.124. The van der Waals surface area contributed by atoms with E-state index in [0.717, 1.165) is 76.0 Å². The van der Waals surface area contributed by atoms with Crippen molar-refractivity contribution in [2.45, 2.75) is 64.7 Å². The normalized spacial score (nSPS) is 16.0. The van der Waals surface area contributed by atoms with E-state index in [0.29, 0.717) is 13.2 Å². The molecule has 4 nitrogen and oxygen atoms in total. The van der Waals surface area contributed by atoms with Gasteiger partial charge in [-0.2, -0.15) is 0 Å². The molecule has 0 amide bonds. The van der Waals surface area contributed by atoms with Crippen molar-refractivity contribution in [2.24, 2.45) is 0 Å². The van der Waals surface area contributed by atoms with E-state index in [2.05, 4.69) is 54.6 Å².